The number of nitrogens with one attached hydrogen (secondary N) is 2. The average molecular weight is 411 g/mol. The molecular weight excluding hydrogens is 386 g/mol. The highest BCUT2D eigenvalue weighted by atomic mass is 32.2. The number of primary amides is 1. The highest BCUT2D eigenvalue weighted by molar-refractivity contribution is 7.99. The third kappa shape index (κ3) is 4.33. The summed E-state index contributed by atoms with van der Waals surface area (Å²) in [4.78, 5) is 26.5. The van der Waals surface area contributed by atoms with Crippen LogP contribution in [0.25, 0.3) is 0 Å². The van der Waals surface area contributed by atoms with Gasteiger partial charge in [0.1, 0.15) is 5.00 Å². The minimum atomic E-state index is -0.490. The third-order valence-corrected chi connectivity index (χ3v) is 6.60. The zero-order chi connectivity index (χ0) is 19.6. The molecule has 0 aromatic carbocycles. The van der Waals surface area contributed by atoms with E-state index in [-0.39, 0.29) is 17.7 Å². The van der Waals surface area contributed by atoms with Gasteiger partial charge in [-0.15, -0.1) is 21.5 Å². The SMILES string of the molecule is CC[C@@H](c1nnc(SCC(=O)Nc2sc3c(c2C(N)=O)CCC3)o1)[NH+](C)C. The molecule has 2 aromatic heterocycles. The van der Waals surface area contributed by atoms with E-state index >= 15 is 0 Å². The Morgan fingerprint density at radius 1 is 1.37 bits per heavy atom. The van der Waals surface area contributed by atoms with Crippen molar-refractivity contribution in [3.63, 3.8) is 0 Å². The third-order valence-electron chi connectivity index (χ3n) is 4.57. The number of carbonyl (C=O) groups excluding carboxylic acids is 2. The fourth-order valence-electron chi connectivity index (χ4n) is 3.29. The minimum absolute atomic E-state index is 0.119. The molecule has 10 heteroatoms. The standard InChI is InChI=1S/C17H23N5O3S2/c1-4-10(22(2)3)15-20-21-17(25-15)26-8-12(23)19-16-13(14(18)24)9-6-5-7-11(9)27-16/h10H,4-8H2,1-3H3,(H2,18,24)(H,19,23)/p+1/t10-/m0/s1. The number of carbonyl (C=O) groups is 2. The first-order valence-corrected chi connectivity index (χ1v) is 10.7. The maximum Gasteiger partial charge on any atom is 0.277 e. The van der Waals surface area contributed by atoms with Crippen LogP contribution in [0.5, 0.6) is 0 Å². The van der Waals surface area contributed by atoms with E-state index < -0.39 is 5.91 Å². The summed E-state index contributed by atoms with van der Waals surface area (Å²) in [5.41, 5.74) is 6.98. The predicted molar refractivity (Wildman–Crippen MR) is 104 cm³/mol. The van der Waals surface area contributed by atoms with Crippen LogP contribution in [0.4, 0.5) is 5.00 Å². The Morgan fingerprint density at radius 3 is 2.81 bits per heavy atom. The maximum atomic E-state index is 12.3. The molecule has 1 atom stereocenters. The first kappa shape index (κ1) is 19.8. The van der Waals surface area contributed by atoms with Crippen molar-refractivity contribution in [2.24, 2.45) is 5.73 Å². The molecule has 2 heterocycles. The Balaban J connectivity index is 1.61. The second-order valence-corrected chi connectivity index (χ2v) is 8.74. The van der Waals surface area contributed by atoms with Gasteiger partial charge in [-0.3, -0.25) is 9.59 Å². The summed E-state index contributed by atoms with van der Waals surface area (Å²) in [7, 11) is 4.07. The summed E-state index contributed by atoms with van der Waals surface area (Å²) in [6, 6.07) is 0.132. The number of aromatic nitrogens is 2. The molecule has 8 nitrogen and oxygen atoms in total. The summed E-state index contributed by atoms with van der Waals surface area (Å²) in [6.07, 6.45) is 3.68. The summed E-state index contributed by atoms with van der Waals surface area (Å²) < 4.78 is 5.68. The maximum absolute atomic E-state index is 12.3. The highest BCUT2D eigenvalue weighted by Crippen LogP contribution is 2.38. The summed E-state index contributed by atoms with van der Waals surface area (Å²) >= 11 is 2.63. The number of amides is 2. The van der Waals surface area contributed by atoms with Gasteiger partial charge in [0.2, 0.25) is 5.91 Å². The van der Waals surface area contributed by atoms with E-state index in [1.807, 2.05) is 14.1 Å². The smallest absolute Gasteiger partial charge is 0.277 e. The molecule has 3 rings (SSSR count). The van der Waals surface area contributed by atoms with E-state index in [0.717, 1.165) is 36.1 Å². The zero-order valence-corrected chi connectivity index (χ0v) is 17.3. The quantitative estimate of drug-likeness (QED) is 0.560. The molecule has 0 saturated heterocycles. The second kappa shape index (κ2) is 8.41. The fourth-order valence-corrected chi connectivity index (χ4v) is 5.17. The first-order valence-electron chi connectivity index (χ1n) is 8.91. The molecule has 0 radical (unpaired) electrons. The van der Waals surface area contributed by atoms with Crippen molar-refractivity contribution < 1.29 is 18.9 Å². The van der Waals surface area contributed by atoms with Gasteiger partial charge in [0.25, 0.3) is 17.0 Å². The summed E-state index contributed by atoms with van der Waals surface area (Å²) in [6.45, 7) is 2.07. The topological polar surface area (TPSA) is 116 Å². The van der Waals surface area contributed by atoms with Gasteiger partial charge in [-0.05, 0) is 24.8 Å². The van der Waals surface area contributed by atoms with Crippen LogP contribution in [-0.2, 0) is 17.6 Å². The van der Waals surface area contributed by atoms with Gasteiger partial charge < -0.3 is 20.4 Å². The number of nitrogens with two attached hydrogens (primary N) is 1. The lowest BCUT2D eigenvalue weighted by Gasteiger charge is -2.15. The van der Waals surface area contributed by atoms with Gasteiger partial charge in [0, 0.05) is 11.3 Å². The van der Waals surface area contributed by atoms with Crippen LogP contribution in [0.15, 0.2) is 9.64 Å². The van der Waals surface area contributed by atoms with Crippen molar-refractivity contribution in [2.75, 3.05) is 25.2 Å². The van der Waals surface area contributed by atoms with Crippen LogP contribution in [0.2, 0.25) is 0 Å². The minimum Gasteiger partial charge on any atom is -0.410 e. The number of fused-ring (bicyclic) bond motifs is 1. The molecule has 0 unspecified atom stereocenters. The lowest BCUT2D eigenvalue weighted by molar-refractivity contribution is -0.894. The summed E-state index contributed by atoms with van der Waals surface area (Å²) in [5.74, 6) is -0.0252. The van der Waals surface area contributed by atoms with Gasteiger partial charge in [-0.2, -0.15) is 0 Å². The van der Waals surface area contributed by atoms with Crippen LogP contribution < -0.4 is 16.0 Å². The number of hydrogen-bond donors (Lipinski definition) is 3. The van der Waals surface area contributed by atoms with Crippen molar-refractivity contribution in [3.05, 3.63) is 21.9 Å². The predicted octanol–water partition coefficient (Wildman–Crippen LogP) is 1.05. The van der Waals surface area contributed by atoms with Gasteiger partial charge in [0.05, 0.1) is 25.4 Å². The Bertz CT molecular complexity index is 846. The van der Waals surface area contributed by atoms with E-state index in [1.54, 1.807) is 0 Å². The normalized spacial score (nSPS) is 14.4. The van der Waals surface area contributed by atoms with Gasteiger partial charge in [-0.25, -0.2) is 0 Å². The molecule has 146 valence electrons. The van der Waals surface area contributed by atoms with E-state index in [1.165, 1.54) is 28.0 Å². The monoisotopic (exact) mass is 410 g/mol. The number of hydrogen-bond acceptors (Lipinski definition) is 7. The highest BCUT2D eigenvalue weighted by Gasteiger charge is 2.26. The molecule has 0 aliphatic heterocycles. The van der Waals surface area contributed by atoms with Crippen LogP contribution in [0, 0.1) is 0 Å². The van der Waals surface area contributed by atoms with Crippen molar-refractivity contribution in [1.82, 2.24) is 10.2 Å². The lowest BCUT2D eigenvalue weighted by atomic mass is 10.1. The molecule has 4 N–H and O–H groups in total. The molecule has 0 fully saturated rings. The molecule has 27 heavy (non-hydrogen) atoms. The number of anilines is 1. The van der Waals surface area contributed by atoms with Crippen molar-refractivity contribution in [2.45, 2.75) is 43.9 Å². The summed E-state index contributed by atoms with van der Waals surface area (Å²) in [5, 5.41) is 11.8. The molecular formula is C17H24N5O3S2+. The Kier molecular flexibility index (Phi) is 6.18. The molecule has 1 aliphatic carbocycles. The van der Waals surface area contributed by atoms with Gasteiger partial charge in [0.15, 0.2) is 6.04 Å². The largest absolute Gasteiger partial charge is 0.410 e. The Labute approximate surface area is 165 Å². The van der Waals surface area contributed by atoms with Crippen LogP contribution in [-0.4, -0.2) is 41.9 Å². The number of thioether (sulfide) groups is 1. The fraction of sp³-hybridized carbons (Fsp3) is 0.529. The number of nitrogens with zero attached hydrogens (tertiary/aromatic N) is 2. The average Bonchev–Trinajstić information content (AvgIpc) is 3.28. The van der Waals surface area contributed by atoms with E-state index in [9.17, 15) is 9.59 Å². The molecule has 2 amide bonds. The van der Waals surface area contributed by atoms with Gasteiger partial charge >= 0.3 is 0 Å². The van der Waals surface area contributed by atoms with Crippen molar-refractivity contribution in [1.29, 1.82) is 0 Å². The Morgan fingerprint density at radius 2 is 2.15 bits per heavy atom. The van der Waals surface area contributed by atoms with E-state index in [0.29, 0.717) is 21.7 Å². The first-order chi connectivity index (χ1) is 12.9. The van der Waals surface area contributed by atoms with Crippen molar-refractivity contribution in [3.8, 4) is 0 Å². The molecule has 2 aromatic rings. The molecule has 1 aliphatic rings. The molecule has 0 saturated carbocycles. The Hall–Kier alpha value is -1.91. The van der Waals surface area contributed by atoms with E-state index in [2.05, 4.69) is 22.4 Å². The second-order valence-electron chi connectivity index (χ2n) is 6.71. The van der Waals surface area contributed by atoms with E-state index in [4.69, 9.17) is 10.2 Å². The number of aryl methyl sites for hydroxylation is 1. The number of thiophene rings is 1. The number of quaternary nitrogens is 1. The van der Waals surface area contributed by atoms with Crippen molar-refractivity contribution >= 4 is 39.9 Å². The lowest BCUT2D eigenvalue weighted by Crippen LogP contribution is -3.06. The van der Waals surface area contributed by atoms with Crippen LogP contribution >= 0.6 is 23.1 Å². The number of rotatable bonds is 8. The van der Waals surface area contributed by atoms with Gasteiger partial charge in [-0.1, -0.05) is 18.7 Å². The van der Waals surface area contributed by atoms with Crippen LogP contribution in [0.3, 0.4) is 0 Å². The molecule has 0 spiro atoms. The molecule has 0 bridgehead atoms. The van der Waals surface area contributed by atoms with Crippen LogP contribution in [0.1, 0.15) is 52.5 Å². The zero-order valence-electron chi connectivity index (χ0n) is 15.6.